The number of primary amides is 1. The van der Waals surface area contributed by atoms with Crippen molar-refractivity contribution < 1.29 is 4.79 Å². The number of amides is 1. The van der Waals surface area contributed by atoms with E-state index in [-0.39, 0.29) is 11.9 Å². The molecule has 3 rings (SSSR count). The number of benzene rings is 1. The lowest BCUT2D eigenvalue weighted by molar-refractivity contribution is -0.123. The quantitative estimate of drug-likeness (QED) is 0.855. The summed E-state index contributed by atoms with van der Waals surface area (Å²) in [6.45, 7) is 4.66. The van der Waals surface area contributed by atoms with Crippen LogP contribution in [0.5, 0.6) is 0 Å². The first-order chi connectivity index (χ1) is 11.6. The normalized spacial score (nSPS) is 19.1. The first-order valence-corrected chi connectivity index (χ1v) is 8.38. The van der Waals surface area contributed by atoms with Crippen LogP contribution in [0, 0.1) is 12.8 Å². The Morgan fingerprint density at radius 2 is 2.17 bits per heavy atom. The summed E-state index contributed by atoms with van der Waals surface area (Å²) >= 11 is 0. The van der Waals surface area contributed by atoms with Crippen LogP contribution in [0.4, 0.5) is 5.82 Å². The third-order valence-corrected chi connectivity index (χ3v) is 4.55. The van der Waals surface area contributed by atoms with E-state index in [1.807, 2.05) is 48.7 Å². The lowest BCUT2D eigenvalue weighted by Gasteiger charge is -2.25. The number of aromatic nitrogens is 1. The number of anilines is 1. The summed E-state index contributed by atoms with van der Waals surface area (Å²) in [5, 5.41) is 3.40. The van der Waals surface area contributed by atoms with E-state index in [1.54, 1.807) is 0 Å². The molecule has 1 aliphatic rings. The lowest BCUT2D eigenvalue weighted by atomic mass is 10.0. The molecular formula is C19H24N4O. The molecule has 1 aromatic carbocycles. The second-order valence-corrected chi connectivity index (χ2v) is 6.46. The fourth-order valence-electron chi connectivity index (χ4n) is 3.34. The summed E-state index contributed by atoms with van der Waals surface area (Å²) in [5.41, 5.74) is 7.83. The average Bonchev–Trinajstić information content (AvgIpc) is 3.02. The van der Waals surface area contributed by atoms with Gasteiger partial charge in [0.1, 0.15) is 11.9 Å². The van der Waals surface area contributed by atoms with Gasteiger partial charge in [0.15, 0.2) is 0 Å². The molecule has 1 amide bonds. The fourth-order valence-corrected chi connectivity index (χ4v) is 3.34. The van der Waals surface area contributed by atoms with E-state index in [9.17, 15) is 4.79 Å². The monoisotopic (exact) mass is 324 g/mol. The Morgan fingerprint density at radius 1 is 1.38 bits per heavy atom. The lowest BCUT2D eigenvalue weighted by Crippen LogP contribution is -2.36. The molecule has 2 heterocycles. The second kappa shape index (κ2) is 7.45. The third-order valence-electron chi connectivity index (χ3n) is 4.55. The van der Waals surface area contributed by atoms with Crippen molar-refractivity contribution in [2.75, 3.05) is 25.0 Å². The number of carbonyl (C=O) groups excluding carboxylic acids is 1. The molecule has 5 nitrogen and oxygen atoms in total. The largest absolute Gasteiger partial charge is 0.370 e. The van der Waals surface area contributed by atoms with Crippen LogP contribution in [-0.2, 0) is 4.79 Å². The molecule has 1 aliphatic heterocycles. The summed E-state index contributed by atoms with van der Waals surface area (Å²) in [5.74, 6) is 1.11. The maximum atomic E-state index is 12.0. The standard InChI is InChI=1S/C19H24N4O/c1-14-7-9-21-17(11-14)22-12-15-8-10-23(13-15)18(19(20)24)16-5-3-2-4-6-16/h2-7,9,11,15,18H,8,10,12-13H2,1H3,(H2,20,24)(H,21,22)/t15-,18+/m1/s1. The molecule has 1 aromatic heterocycles. The minimum Gasteiger partial charge on any atom is -0.370 e. The van der Waals surface area contributed by atoms with Crippen LogP contribution >= 0.6 is 0 Å². The molecule has 0 spiro atoms. The molecule has 24 heavy (non-hydrogen) atoms. The summed E-state index contributed by atoms with van der Waals surface area (Å²) in [6.07, 6.45) is 2.87. The van der Waals surface area contributed by atoms with Crippen LogP contribution in [0.3, 0.4) is 0 Å². The number of aryl methyl sites for hydroxylation is 1. The summed E-state index contributed by atoms with van der Waals surface area (Å²) in [6, 6.07) is 13.5. The van der Waals surface area contributed by atoms with Crippen molar-refractivity contribution in [1.29, 1.82) is 0 Å². The number of pyridine rings is 1. The molecule has 0 aliphatic carbocycles. The number of nitrogens with zero attached hydrogens (tertiary/aromatic N) is 2. The van der Waals surface area contributed by atoms with Gasteiger partial charge in [-0.2, -0.15) is 0 Å². The molecule has 0 unspecified atom stereocenters. The Labute approximate surface area is 142 Å². The van der Waals surface area contributed by atoms with Gasteiger partial charge in [0, 0.05) is 19.3 Å². The SMILES string of the molecule is Cc1ccnc(NC[C@H]2CCN([C@H](C(N)=O)c3ccccc3)C2)c1. The van der Waals surface area contributed by atoms with Gasteiger partial charge >= 0.3 is 0 Å². The molecule has 2 atom stereocenters. The van der Waals surface area contributed by atoms with Crippen molar-refractivity contribution in [2.45, 2.75) is 19.4 Å². The van der Waals surface area contributed by atoms with Gasteiger partial charge in [-0.1, -0.05) is 30.3 Å². The number of hydrogen-bond acceptors (Lipinski definition) is 4. The zero-order valence-corrected chi connectivity index (χ0v) is 14.0. The van der Waals surface area contributed by atoms with Crippen LogP contribution in [0.25, 0.3) is 0 Å². The van der Waals surface area contributed by atoms with E-state index in [2.05, 4.69) is 22.1 Å². The van der Waals surface area contributed by atoms with Crippen LogP contribution < -0.4 is 11.1 Å². The van der Waals surface area contributed by atoms with E-state index in [0.717, 1.165) is 37.4 Å². The van der Waals surface area contributed by atoms with Gasteiger partial charge in [0.2, 0.25) is 5.91 Å². The Morgan fingerprint density at radius 3 is 2.88 bits per heavy atom. The van der Waals surface area contributed by atoms with E-state index in [0.29, 0.717) is 5.92 Å². The molecular weight excluding hydrogens is 300 g/mol. The minimum atomic E-state index is -0.340. The van der Waals surface area contributed by atoms with Crippen LogP contribution in [0.1, 0.15) is 23.6 Å². The van der Waals surface area contributed by atoms with Gasteiger partial charge < -0.3 is 11.1 Å². The molecule has 0 saturated carbocycles. The summed E-state index contributed by atoms with van der Waals surface area (Å²) < 4.78 is 0. The Balaban J connectivity index is 1.60. The molecule has 2 aromatic rings. The first-order valence-electron chi connectivity index (χ1n) is 8.38. The van der Waals surface area contributed by atoms with Crippen LogP contribution in [0.2, 0.25) is 0 Å². The maximum absolute atomic E-state index is 12.0. The number of carbonyl (C=O) groups is 1. The van der Waals surface area contributed by atoms with Crippen molar-refractivity contribution in [1.82, 2.24) is 9.88 Å². The van der Waals surface area contributed by atoms with Crippen molar-refractivity contribution >= 4 is 11.7 Å². The van der Waals surface area contributed by atoms with Crippen LogP contribution in [0.15, 0.2) is 48.7 Å². The number of hydrogen-bond donors (Lipinski definition) is 2. The first kappa shape index (κ1) is 16.5. The Hall–Kier alpha value is -2.40. The maximum Gasteiger partial charge on any atom is 0.239 e. The molecule has 5 heteroatoms. The third kappa shape index (κ3) is 3.92. The molecule has 1 saturated heterocycles. The van der Waals surface area contributed by atoms with Gasteiger partial charge in [-0.15, -0.1) is 0 Å². The topological polar surface area (TPSA) is 71.2 Å². The van der Waals surface area contributed by atoms with Gasteiger partial charge in [0.05, 0.1) is 0 Å². The van der Waals surface area contributed by atoms with Crippen molar-refractivity contribution in [2.24, 2.45) is 11.7 Å². The highest BCUT2D eigenvalue weighted by Gasteiger charge is 2.32. The van der Waals surface area contributed by atoms with Crippen LogP contribution in [-0.4, -0.2) is 35.4 Å². The Bertz CT molecular complexity index is 689. The number of nitrogens with two attached hydrogens (primary N) is 1. The molecule has 126 valence electrons. The van der Waals surface area contributed by atoms with Crippen molar-refractivity contribution in [3.05, 3.63) is 59.8 Å². The van der Waals surface area contributed by atoms with E-state index < -0.39 is 0 Å². The predicted molar refractivity (Wildman–Crippen MR) is 95.5 cm³/mol. The van der Waals surface area contributed by atoms with E-state index >= 15 is 0 Å². The van der Waals surface area contributed by atoms with E-state index in [4.69, 9.17) is 5.73 Å². The molecule has 0 radical (unpaired) electrons. The number of rotatable bonds is 6. The molecule has 0 bridgehead atoms. The van der Waals surface area contributed by atoms with Crippen molar-refractivity contribution in [3.8, 4) is 0 Å². The zero-order valence-electron chi connectivity index (χ0n) is 14.0. The van der Waals surface area contributed by atoms with Gasteiger partial charge in [-0.05, 0) is 49.1 Å². The second-order valence-electron chi connectivity index (χ2n) is 6.46. The molecule has 3 N–H and O–H groups in total. The highest BCUT2D eigenvalue weighted by molar-refractivity contribution is 5.81. The summed E-state index contributed by atoms with van der Waals surface area (Å²) in [7, 11) is 0. The van der Waals surface area contributed by atoms with Gasteiger partial charge in [0.25, 0.3) is 0 Å². The summed E-state index contributed by atoms with van der Waals surface area (Å²) in [4.78, 5) is 18.5. The Kier molecular flexibility index (Phi) is 5.11. The van der Waals surface area contributed by atoms with Gasteiger partial charge in [-0.25, -0.2) is 4.98 Å². The molecule has 1 fully saturated rings. The van der Waals surface area contributed by atoms with Crippen molar-refractivity contribution in [3.63, 3.8) is 0 Å². The van der Waals surface area contributed by atoms with Gasteiger partial charge in [-0.3, -0.25) is 9.69 Å². The minimum absolute atomic E-state index is 0.282. The number of likely N-dealkylation sites (tertiary alicyclic amines) is 1. The predicted octanol–water partition coefficient (Wildman–Crippen LogP) is 2.35. The smallest absolute Gasteiger partial charge is 0.239 e. The highest BCUT2D eigenvalue weighted by atomic mass is 16.1. The zero-order chi connectivity index (χ0) is 16.9. The highest BCUT2D eigenvalue weighted by Crippen LogP contribution is 2.27. The fraction of sp³-hybridized carbons (Fsp3) is 0.368. The average molecular weight is 324 g/mol. The number of nitrogens with one attached hydrogen (secondary N) is 1. The van der Waals surface area contributed by atoms with E-state index in [1.165, 1.54) is 5.56 Å².